The van der Waals surface area contributed by atoms with Crippen LogP contribution in [0.15, 0.2) is 36.0 Å². The first kappa shape index (κ1) is 16.4. The van der Waals surface area contributed by atoms with Gasteiger partial charge in [-0.1, -0.05) is 0 Å². The molecule has 0 bridgehead atoms. The lowest BCUT2D eigenvalue weighted by Gasteiger charge is -1.98. The fourth-order valence-corrected chi connectivity index (χ4v) is 3.66. The molecule has 9 heteroatoms. The van der Waals surface area contributed by atoms with Gasteiger partial charge in [-0.25, -0.2) is 23.7 Å². The zero-order valence-electron chi connectivity index (χ0n) is 13.0. The third-order valence-corrected chi connectivity index (χ3v) is 5.27. The summed E-state index contributed by atoms with van der Waals surface area (Å²) in [5.41, 5.74) is 1.53. The molecule has 128 valence electrons. The van der Waals surface area contributed by atoms with Gasteiger partial charge in [0.05, 0.1) is 21.6 Å². The Bertz CT molecular complexity index is 1180. The molecular weight excluding hydrogens is 375 g/mol. The van der Waals surface area contributed by atoms with Gasteiger partial charge in [-0.05, 0) is 30.0 Å². The highest BCUT2D eigenvalue weighted by Crippen LogP contribution is 2.27. The van der Waals surface area contributed by atoms with Gasteiger partial charge < -0.3 is 5.11 Å². The first-order valence-corrected chi connectivity index (χ1v) is 9.04. The highest BCUT2D eigenvalue weighted by atomic mass is 32.1. The molecule has 0 amide bonds. The van der Waals surface area contributed by atoms with Crippen molar-refractivity contribution in [3.8, 4) is 22.4 Å². The van der Waals surface area contributed by atoms with Crippen molar-refractivity contribution >= 4 is 34.3 Å². The van der Waals surface area contributed by atoms with Crippen LogP contribution in [-0.4, -0.2) is 30.7 Å². The van der Waals surface area contributed by atoms with Crippen LogP contribution in [0.5, 0.6) is 0 Å². The minimum atomic E-state index is -1.07. The SMILES string of the molecule is O=C(O)c1cnn2ccc(-c3ccc(C#Cc4csc(CF)n4)s3)nc12. The molecule has 0 saturated heterocycles. The lowest BCUT2D eigenvalue weighted by atomic mass is 10.3. The van der Waals surface area contributed by atoms with Crippen molar-refractivity contribution in [2.24, 2.45) is 0 Å². The summed E-state index contributed by atoms with van der Waals surface area (Å²) in [7, 11) is 0. The highest BCUT2D eigenvalue weighted by Gasteiger charge is 2.14. The molecule has 4 rings (SSSR count). The summed E-state index contributed by atoms with van der Waals surface area (Å²) >= 11 is 2.67. The topological polar surface area (TPSA) is 80.4 Å². The van der Waals surface area contributed by atoms with Crippen molar-refractivity contribution in [1.82, 2.24) is 19.6 Å². The van der Waals surface area contributed by atoms with Crippen LogP contribution in [0.4, 0.5) is 4.39 Å². The molecule has 1 N–H and O–H groups in total. The molecule has 0 unspecified atom stereocenters. The number of hydrogen-bond acceptors (Lipinski definition) is 6. The second-order valence-corrected chi connectivity index (χ2v) is 7.14. The molecule has 0 spiro atoms. The Morgan fingerprint density at radius 2 is 2.15 bits per heavy atom. The van der Waals surface area contributed by atoms with Crippen molar-refractivity contribution in [3.05, 3.63) is 57.1 Å². The smallest absolute Gasteiger partial charge is 0.341 e. The number of carboxylic acid groups (broad SMARTS) is 1. The third-order valence-electron chi connectivity index (χ3n) is 3.44. The first-order valence-electron chi connectivity index (χ1n) is 7.34. The van der Waals surface area contributed by atoms with E-state index in [1.807, 2.05) is 12.1 Å². The molecule has 4 aromatic heterocycles. The summed E-state index contributed by atoms with van der Waals surface area (Å²) < 4.78 is 13.9. The van der Waals surface area contributed by atoms with Crippen molar-refractivity contribution in [2.75, 3.05) is 0 Å². The maximum Gasteiger partial charge on any atom is 0.341 e. The first-order chi connectivity index (χ1) is 12.6. The Balaban J connectivity index is 1.64. The van der Waals surface area contributed by atoms with Crippen molar-refractivity contribution in [1.29, 1.82) is 0 Å². The molecule has 6 nitrogen and oxygen atoms in total. The largest absolute Gasteiger partial charge is 0.477 e. The van der Waals surface area contributed by atoms with Gasteiger partial charge in [0.2, 0.25) is 0 Å². The van der Waals surface area contributed by atoms with Crippen molar-refractivity contribution < 1.29 is 14.3 Å². The number of aromatic carboxylic acids is 1. The lowest BCUT2D eigenvalue weighted by molar-refractivity contribution is 0.0699. The van der Waals surface area contributed by atoms with Crippen LogP contribution in [-0.2, 0) is 6.67 Å². The minimum absolute atomic E-state index is 0.0515. The molecule has 0 radical (unpaired) electrons. The fourth-order valence-electron chi connectivity index (χ4n) is 2.26. The number of carbonyl (C=O) groups is 1. The molecule has 4 heterocycles. The van der Waals surface area contributed by atoms with E-state index in [0.29, 0.717) is 16.4 Å². The number of halogens is 1. The summed E-state index contributed by atoms with van der Waals surface area (Å²) in [6.07, 6.45) is 2.95. The van der Waals surface area contributed by atoms with E-state index in [1.54, 1.807) is 17.6 Å². The molecule has 0 saturated carbocycles. The average Bonchev–Trinajstić information content (AvgIpc) is 3.37. The average molecular weight is 384 g/mol. The fraction of sp³-hybridized carbons (Fsp3) is 0.0588. The van der Waals surface area contributed by atoms with Gasteiger partial charge in [-0.15, -0.1) is 22.7 Å². The number of thiophene rings is 1. The maximum atomic E-state index is 12.5. The molecule has 0 aromatic carbocycles. The molecule has 0 aliphatic rings. The Labute approximate surface area is 154 Å². The van der Waals surface area contributed by atoms with E-state index in [-0.39, 0.29) is 11.2 Å². The molecule has 0 fully saturated rings. The van der Waals surface area contributed by atoms with Gasteiger partial charge in [0.25, 0.3) is 0 Å². The number of nitrogens with zero attached hydrogens (tertiary/aromatic N) is 4. The highest BCUT2D eigenvalue weighted by molar-refractivity contribution is 7.16. The van der Waals surface area contributed by atoms with E-state index in [2.05, 4.69) is 26.9 Å². The van der Waals surface area contributed by atoms with Crippen LogP contribution in [0.2, 0.25) is 0 Å². The quantitative estimate of drug-likeness (QED) is 0.547. The van der Waals surface area contributed by atoms with Gasteiger partial charge in [-0.2, -0.15) is 5.10 Å². The monoisotopic (exact) mass is 384 g/mol. The summed E-state index contributed by atoms with van der Waals surface area (Å²) in [4.78, 5) is 21.4. The Morgan fingerprint density at radius 3 is 2.92 bits per heavy atom. The van der Waals surface area contributed by atoms with Crippen LogP contribution in [0.25, 0.3) is 16.2 Å². The predicted octanol–water partition coefficient (Wildman–Crippen LogP) is 3.48. The summed E-state index contributed by atoms with van der Waals surface area (Å²) in [6, 6.07) is 5.50. The number of carboxylic acids is 1. The maximum absolute atomic E-state index is 12.5. The van der Waals surface area contributed by atoms with E-state index >= 15 is 0 Å². The molecule has 0 atom stereocenters. The van der Waals surface area contributed by atoms with Crippen LogP contribution in [0, 0.1) is 11.8 Å². The van der Waals surface area contributed by atoms with Gasteiger partial charge in [-0.3, -0.25) is 0 Å². The summed E-state index contributed by atoms with van der Waals surface area (Å²) in [5.74, 6) is 4.84. The van der Waals surface area contributed by atoms with Crippen LogP contribution >= 0.6 is 22.7 Å². The van der Waals surface area contributed by atoms with E-state index in [9.17, 15) is 14.3 Å². The van der Waals surface area contributed by atoms with E-state index in [4.69, 9.17) is 0 Å². The number of hydrogen-bond donors (Lipinski definition) is 1. The predicted molar refractivity (Wildman–Crippen MR) is 96.2 cm³/mol. The van der Waals surface area contributed by atoms with Crippen molar-refractivity contribution in [2.45, 2.75) is 6.67 Å². The van der Waals surface area contributed by atoms with Gasteiger partial charge in [0, 0.05) is 11.6 Å². The number of rotatable bonds is 3. The van der Waals surface area contributed by atoms with Crippen LogP contribution < -0.4 is 0 Å². The van der Waals surface area contributed by atoms with Crippen LogP contribution in [0.3, 0.4) is 0 Å². The second-order valence-electron chi connectivity index (χ2n) is 5.12. The normalized spacial score (nSPS) is 10.7. The summed E-state index contributed by atoms with van der Waals surface area (Å²) in [5, 5.41) is 15.3. The molecule has 26 heavy (non-hydrogen) atoms. The minimum Gasteiger partial charge on any atom is -0.477 e. The zero-order chi connectivity index (χ0) is 18.1. The van der Waals surface area contributed by atoms with Crippen LogP contribution in [0.1, 0.15) is 25.9 Å². The van der Waals surface area contributed by atoms with Gasteiger partial charge >= 0.3 is 5.97 Å². The molecule has 0 aliphatic heterocycles. The summed E-state index contributed by atoms with van der Waals surface area (Å²) in [6.45, 7) is -0.587. The second kappa shape index (κ2) is 6.67. The van der Waals surface area contributed by atoms with Gasteiger partial charge in [0.15, 0.2) is 5.65 Å². The van der Waals surface area contributed by atoms with Crippen molar-refractivity contribution in [3.63, 3.8) is 0 Å². The number of fused-ring (bicyclic) bond motifs is 1. The lowest BCUT2D eigenvalue weighted by Crippen LogP contribution is -1.98. The Hall–Kier alpha value is -3.09. The van der Waals surface area contributed by atoms with E-state index in [1.165, 1.54) is 33.4 Å². The van der Waals surface area contributed by atoms with Gasteiger partial charge in [0.1, 0.15) is 22.9 Å². The Kier molecular flexibility index (Phi) is 4.20. The molecule has 0 aliphatic carbocycles. The molecule has 4 aromatic rings. The number of thiazole rings is 1. The van der Waals surface area contributed by atoms with E-state index < -0.39 is 12.6 Å². The third kappa shape index (κ3) is 3.08. The Morgan fingerprint density at radius 1 is 1.27 bits per heavy atom. The standard InChI is InChI=1S/C17H9FN4O2S2/c18-7-15-20-10(9-25-15)1-2-11-3-4-14(26-11)13-5-6-22-16(21-13)12(8-19-22)17(23)24/h3-6,8-9H,7H2,(H,23,24). The molecular formula is C17H9FN4O2S2. The number of alkyl halides is 1. The van der Waals surface area contributed by atoms with E-state index in [0.717, 1.165) is 9.75 Å². The number of aromatic nitrogens is 4. The zero-order valence-corrected chi connectivity index (χ0v) is 14.6.